The van der Waals surface area contributed by atoms with Crippen molar-refractivity contribution >= 4 is 46.8 Å². The summed E-state index contributed by atoms with van der Waals surface area (Å²) in [5.74, 6) is 0.672. The molecule has 0 aliphatic carbocycles. The summed E-state index contributed by atoms with van der Waals surface area (Å²) < 4.78 is 0. The molecule has 2 atom stereocenters. The molecule has 0 radical (unpaired) electrons. The maximum absolute atomic E-state index is 13.2. The van der Waals surface area contributed by atoms with Crippen LogP contribution in [-0.4, -0.2) is 34.6 Å². The Morgan fingerprint density at radius 2 is 1.68 bits per heavy atom. The molecule has 2 unspecified atom stereocenters. The van der Waals surface area contributed by atoms with Gasteiger partial charge in [0.25, 0.3) is 0 Å². The molecule has 31 heavy (non-hydrogen) atoms. The molecule has 0 bridgehead atoms. The van der Waals surface area contributed by atoms with Crippen LogP contribution < -0.4 is 5.32 Å². The lowest BCUT2D eigenvalue weighted by molar-refractivity contribution is -0.138. The van der Waals surface area contributed by atoms with Crippen LogP contribution in [-0.2, 0) is 21.9 Å². The number of amides is 2. The summed E-state index contributed by atoms with van der Waals surface area (Å²) in [5, 5.41) is 3.92. The number of rotatable bonds is 10. The first kappa shape index (κ1) is 25.6. The molecule has 7 heteroatoms. The highest BCUT2D eigenvalue weighted by Crippen LogP contribution is 2.27. The van der Waals surface area contributed by atoms with E-state index in [-0.39, 0.29) is 30.2 Å². The number of hydrogen-bond acceptors (Lipinski definition) is 3. The van der Waals surface area contributed by atoms with Gasteiger partial charge in [-0.25, -0.2) is 0 Å². The Morgan fingerprint density at radius 1 is 1.06 bits per heavy atom. The first-order chi connectivity index (χ1) is 14.7. The van der Waals surface area contributed by atoms with Crippen LogP contribution in [0.2, 0.25) is 10.0 Å². The van der Waals surface area contributed by atoms with Gasteiger partial charge in [0.2, 0.25) is 11.8 Å². The molecule has 0 aromatic heterocycles. The zero-order chi connectivity index (χ0) is 23.0. The van der Waals surface area contributed by atoms with Crippen molar-refractivity contribution in [1.82, 2.24) is 10.2 Å². The van der Waals surface area contributed by atoms with Crippen molar-refractivity contribution in [3.63, 3.8) is 0 Å². The van der Waals surface area contributed by atoms with Gasteiger partial charge in [-0.15, -0.1) is 11.8 Å². The van der Waals surface area contributed by atoms with Crippen molar-refractivity contribution in [2.75, 3.05) is 5.75 Å². The highest BCUT2D eigenvalue weighted by Gasteiger charge is 2.27. The Bertz CT molecular complexity index is 869. The lowest BCUT2D eigenvalue weighted by Crippen LogP contribution is -2.50. The van der Waals surface area contributed by atoms with Crippen LogP contribution in [0.5, 0.6) is 0 Å². The predicted molar refractivity (Wildman–Crippen MR) is 132 cm³/mol. The Hall–Kier alpha value is -1.69. The first-order valence-electron chi connectivity index (χ1n) is 10.4. The summed E-state index contributed by atoms with van der Waals surface area (Å²) in [6, 6.07) is 12.9. The topological polar surface area (TPSA) is 49.4 Å². The average Bonchev–Trinajstić information content (AvgIpc) is 2.74. The van der Waals surface area contributed by atoms with E-state index in [1.165, 1.54) is 17.3 Å². The van der Waals surface area contributed by atoms with E-state index in [0.717, 1.165) is 17.7 Å². The van der Waals surface area contributed by atoms with Gasteiger partial charge in [-0.1, -0.05) is 66.0 Å². The number of aryl methyl sites for hydroxylation is 1. The van der Waals surface area contributed by atoms with E-state index in [1.54, 1.807) is 30.0 Å². The summed E-state index contributed by atoms with van der Waals surface area (Å²) in [7, 11) is 0. The number of carbonyl (C=O) groups is 2. The van der Waals surface area contributed by atoms with E-state index in [4.69, 9.17) is 23.2 Å². The molecule has 168 valence electrons. The van der Waals surface area contributed by atoms with E-state index in [1.807, 2.05) is 20.8 Å². The molecular weight excluding hydrogens is 451 g/mol. The van der Waals surface area contributed by atoms with Gasteiger partial charge in [0, 0.05) is 33.9 Å². The minimum Gasteiger partial charge on any atom is -0.352 e. The standard InChI is InChI=1S/C24H30Cl2N2O2S/c1-5-17(3)27-24(30)18(4)28(13-20-21(25)7-6-8-22(20)26)23(29)15-31-14-19-11-9-16(2)10-12-19/h6-12,17-18H,5,13-15H2,1-4H3,(H,27,30). The van der Waals surface area contributed by atoms with E-state index in [2.05, 4.69) is 29.6 Å². The van der Waals surface area contributed by atoms with Gasteiger partial charge >= 0.3 is 0 Å². The largest absolute Gasteiger partial charge is 0.352 e. The highest BCUT2D eigenvalue weighted by molar-refractivity contribution is 7.99. The van der Waals surface area contributed by atoms with Gasteiger partial charge in [0.1, 0.15) is 6.04 Å². The molecule has 2 rings (SSSR count). The van der Waals surface area contributed by atoms with Gasteiger partial charge in [-0.05, 0) is 44.9 Å². The van der Waals surface area contributed by atoms with Crippen LogP contribution in [0.3, 0.4) is 0 Å². The SMILES string of the molecule is CCC(C)NC(=O)C(C)N(Cc1c(Cl)cccc1Cl)C(=O)CSCc1ccc(C)cc1. The Morgan fingerprint density at radius 3 is 2.26 bits per heavy atom. The van der Waals surface area contributed by atoms with Crippen molar-refractivity contribution in [2.45, 2.75) is 58.5 Å². The number of thioether (sulfide) groups is 1. The fourth-order valence-electron chi connectivity index (χ4n) is 2.93. The maximum atomic E-state index is 13.2. The molecule has 0 spiro atoms. The fourth-order valence-corrected chi connectivity index (χ4v) is 4.31. The van der Waals surface area contributed by atoms with Crippen molar-refractivity contribution < 1.29 is 9.59 Å². The molecule has 2 aromatic carbocycles. The van der Waals surface area contributed by atoms with Crippen molar-refractivity contribution in [3.8, 4) is 0 Å². The van der Waals surface area contributed by atoms with Crippen molar-refractivity contribution in [3.05, 3.63) is 69.2 Å². The maximum Gasteiger partial charge on any atom is 0.242 e. The van der Waals surface area contributed by atoms with E-state index in [9.17, 15) is 9.59 Å². The lowest BCUT2D eigenvalue weighted by Gasteiger charge is -2.30. The van der Waals surface area contributed by atoms with Crippen LogP contribution in [0.4, 0.5) is 0 Å². The zero-order valence-electron chi connectivity index (χ0n) is 18.5. The van der Waals surface area contributed by atoms with Gasteiger partial charge in [0.15, 0.2) is 0 Å². The predicted octanol–water partition coefficient (Wildman–Crippen LogP) is 5.87. The first-order valence-corrected chi connectivity index (χ1v) is 12.3. The van der Waals surface area contributed by atoms with Crippen molar-refractivity contribution in [2.24, 2.45) is 0 Å². The Kier molecular flexibility index (Phi) is 10.2. The number of nitrogens with zero attached hydrogens (tertiary/aromatic N) is 1. The summed E-state index contributed by atoms with van der Waals surface area (Å²) >= 11 is 14.2. The third kappa shape index (κ3) is 7.74. The van der Waals surface area contributed by atoms with Gasteiger partial charge in [-0.3, -0.25) is 9.59 Å². The zero-order valence-corrected chi connectivity index (χ0v) is 20.8. The number of nitrogens with one attached hydrogen (secondary N) is 1. The second kappa shape index (κ2) is 12.4. The van der Waals surface area contributed by atoms with Crippen LogP contribution in [0.15, 0.2) is 42.5 Å². The minimum atomic E-state index is -0.645. The van der Waals surface area contributed by atoms with Crippen LogP contribution in [0.25, 0.3) is 0 Å². The second-order valence-corrected chi connectivity index (χ2v) is 9.49. The molecular formula is C24H30Cl2N2O2S. The Labute approximate surface area is 199 Å². The van der Waals surface area contributed by atoms with Crippen LogP contribution >= 0.6 is 35.0 Å². The molecule has 1 N–H and O–H groups in total. The molecule has 2 aromatic rings. The summed E-state index contributed by atoms with van der Waals surface area (Å²) in [5.41, 5.74) is 3.01. The third-order valence-corrected chi connectivity index (χ3v) is 6.87. The van der Waals surface area contributed by atoms with E-state index < -0.39 is 6.04 Å². The molecule has 4 nitrogen and oxygen atoms in total. The second-order valence-electron chi connectivity index (χ2n) is 7.69. The molecule has 0 saturated heterocycles. The smallest absolute Gasteiger partial charge is 0.242 e. The summed E-state index contributed by atoms with van der Waals surface area (Å²) in [6.45, 7) is 7.91. The summed E-state index contributed by atoms with van der Waals surface area (Å²) in [6.07, 6.45) is 0.815. The van der Waals surface area contributed by atoms with Crippen LogP contribution in [0, 0.1) is 6.92 Å². The van der Waals surface area contributed by atoms with Crippen LogP contribution in [0.1, 0.15) is 43.9 Å². The monoisotopic (exact) mass is 480 g/mol. The number of hydrogen-bond donors (Lipinski definition) is 1. The van der Waals surface area contributed by atoms with Gasteiger partial charge < -0.3 is 10.2 Å². The van der Waals surface area contributed by atoms with E-state index >= 15 is 0 Å². The van der Waals surface area contributed by atoms with Gasteiger partial charge in [0.05, 0.1) is 5.75 Å². The normalized spacial score (nSPS) is 12.8. The molecule has 0 saturated carbocycles. The molecule has 0 aliphatic rings. The Balaban J connectivity index is 2.14. The minimum absolute atomic E-state index is 0.0340. The third-order valence-electron chi connectivity index (χ3n) is 5.17. The quantitative estimate of drug-likeness (QED) is 0.462. The number of carbonyl (C=O) groups excluding carboxylic acids is 2. The van der Waals surface area contributed by atoms with E-state index in [0.29, 0.717) is 15.6 Å². The summed E-state index contributed by atoms with van der Waals surface area (Å²) in [4.78, 5) is 27.5. The fraction of sp³-hybridized carbons (Fsp3) is 0.417. The molecule has 0 fully saturated rings. The molecule has 0 aliphatic heterocycles. The van der Waals surface area contributed by atoms with Crippen molar-refractivity contribution in [1.29, 1.82) is 0 Å². The average molecular weight is 481 g/mol. The lowest BCUT2D eigenvalue weighted by atomic mass is 10.1. The number of halogens is 2. The van der Waals surface area contributed by atoms with Gasteiger partial charge in [-0.2, -0.15) is 0 Å². The molecule has 0 heterocycles. The number of benzene rings is 2. The highest BCUT2D eigenvalue weighted by atomic mass is 35.5. The molecule has 2 amide bonds.